The molecular formula is C15H18O2. The van der Waals surface area contributed by atoms with E-state index >= 15 is 0 Å². The predicted molar refractivity (Wildman–Crippen MR) is 68.7 cm³/mol. The molecule has 0 heterocycles. The van der Waals surface area contributed by atoms with Gasteiger partial charge in [0.2, 0.25) is 0 Å². The predicted octanol–water partition coefficient (Wildman–Crippen LogP) is 2.90. The molecule has 0 amide bonds. The molecule has 0 aliphatic rings. The lowest BCUT2D eigenvalue weighted by Crippen LogP contribution is -2.10. The first-order valence-corrected chi connectivity index (χ1v) is 5.73. The van der Waals surface area contributed by atoms with Gasteiger partial charge in [-0.15, -0.1) is 0 Å². The molecule has 1 rings (SSSR count). The summed E-state index contributed by atoms with van der Waals surface area (Å²) in [5.41, 5.74) is 2.13. The number of carbonyl (C=O) groups is 1. The van der Waals surface area contributed by atoms with Gasteiger partial charge in [0, 0.05) is 11.5 Å². The van der Waals surface area contributed by atoms with Gasteiger partial charge >= 0.3 is 5.97 Å². The Bertz CT molecular complexity index is 456. The maximum absolute atomic E-state index is 11.1. The highest BCUT2D eigenvalue weighted by Gasteiger charge is 2.12. The largest absolute Gasteiger partial charge is 0.456 e. The summed E-state index contributed by atoms with van der Waals surface area (Å²) >= 11 is 0. The average molecular weight is 230 g/mol. The molecule has 0 saturated carbocycles. The highest BCUT2D eigenvalue weighted by molar-refractivity contribution is 5.89. The van der Waals surface area contributed by atoms with E-state index in [2.05, 4.69) is 38.7 Å². The first kappa shape index (κ1) is 13.3. The quantitative estimate of drug-likeness (QED) is 0.547. The smallest absolute Gasteiger partial charge is 0.384 e. The molecule has 17 heavy (non-hydrogen) atoms. The van der Waals surface area contributed by atoms with E-state index in [4.69, 9.17) is 4.74 Å². The van der Waals surface area contributed by atoms with Crippen LogP contribution >= 0.6 is 0 Å². The lowest BCUT2D eigenvalue weighted by molar-refractivity contribution is -0.136. The van der Waals surface area contributed by atoms with E-state index in [0.29, 0.717) is 6.61 Å². The van der Waals surface area contributed by atoms with Gasteiger partial charge in [0.25, 0.3) is 0 Å². The molecule has 2 heteroatoms. The van der Waals surface area contributed by atoms with Crippen LogP contribution in [-0.4, -0.2) is 12.6 Å². The average Bonchev–Trinajstić information content (AvgIpc) is 2.26. The molecule has 0 radical (unpaired) electrons. The van der Waals surface area contributed by atoms with Crippen molar-refractivity contribution in [2.45, 2.75) is 33.1 Å². The van der Waals surface area contributed by atoms with E-state index in [1.54, 1.807) is 6.92 Å². The third-order valence-corrected chi connectivity index (χ3v) is 2.31. The van der Waals surface area contributed by atoms with Gasteiger partial charge in [-0.25, -0.2) is 4.79 Å². The van der Waals surface area contributed by atoms with Crippen molar-refractivity contribution in [1.29, 1.82) is 0 Å². The van der Waals surface area contributed by atoms with Crippen molar-refractivity contribution < 1.29 is 9.53 Å². The fourth-order valence-electron chi connectivity index (χ4n) is 1.35. The molecule has 0 aromatic heterocycles. The van der Waals surface area contributed by atoms with E-state index in [0.717, 1.165) is 5.56 Å². The normalized spacial score (nSPS) is 10.4. The molecular weight excluding hydrogens is 212 g/mol. The maximum atomic E-state index is 11.1. The van der Waals surface area contributed by atoms with Crippen LogP contribution in [-0.2, 0) is 14.9 Å². The third-order valence-electron chi connectivity index (χ3n) is 2.31. The summed E-state index contributed by atoms with van der Waals surface area (Å²) in [4.78, 5) is 11.1. The van der Waals surface area contributed by atoms with Crippen LogP contribution in [0.15, 0.2) is 24.3 Å². The summed E-state index contributed by atoms with van der Waals surface area (Å²) in [6, 6.07) is 7.92. The summed E-state index contributed by atoms with van der Waals surface area (Å²) in [5.74, 6) is 4.81. The molecule has 0 N–H and O–H groups in total. The van der Waals surface area contributed by atoms with E-state index in [-0.39, 0.29) is 5.41 Å². The Balaban J connectivity index is 2.90. The third kappa shape index (κ3) is 4.32. The summed E-state index contributed by atoms with van der Waals surface area (Å²) < 4.78 is 4.75. The van der Waals surface area contributed by atoms with Crippen LogP contribution in [0.1, 0.15) is 38.8 Å². The summed E-state index contributed by atoms with van der Waals surface area (Å²) in [7, 11) is 0. The van der Waals surface area contributed by atoms with Crippen molar-refractivity contribution >= 4 is 5.97 Å². The SMILES string of the molecule is CCOC(=O)C#Cc1cccc(C(C)(C)C)c1. The van der Waals surface area contributed by atoms with Gasteiger partial charge < -0.3 is 4.74 Å². The first-order chi connectivity index (χ1) is 7.93. The Kier molecular flexibility index (Phi) is 4.34. The minimum atomic E-state index is -0.478. The molecule has 0 saturated heterocycles. The molecule has 0 bridgehead atoms. The van der Waals surface area contributed by atoms with Gasteiger partial charge in [-0.2, -0.15) is 0 Å². The van der Waals surface area contributed by atoms with Gasteiger partial charge in [-0.3, -0.25) is 0 Å². The lowest BCUT2D eigenvalue weighted by Gasteiger charge is -2.18. The number of hydrogen-bond acceptors (Lipinski definition) is 2. The molecule has 1 aromatic rings. The molecule has 0 spiro atoms. The fourth-order valence-corrected chi connectivity index (χ4v) is 1.35. The standard InChI is InChI=1S/C15H18O2/c1-5-17-14(16)10-9-12-7-6-8-13(11-12)15(2,3)4/h6-8,11H,5H2,1-4H3. The Morgan fingerprint density at radius 2 is 2.06 bits per heavy atom. The number of carbonyl (C=O) groups excluding carboxylic acids is 1. The number of rotatable bonds is 1. The molecule has 0 aliphatic heterocycles. The van der Waals surface area contributed by atoms with Gasteiger partial charge in [0.05, 0.1) is 6.61 Å². The van der Waals surface area contributed by atoms with Crippen LogP contribution in [0.5, 0.6) is 0 Å². The summed E-state index contributed by atoms with van der Waals surface area (Å²) in [6.07, 6.45) is 0. The van der Waals surface area contributed by atoms with Crippen LogP contribution < -0.4 is 0 Å². The molecule has 0 atom stereocenters. The monoisotopic (exact) mass is 230 g/mol. The first-order valence-electron chi connectivity index (χ1n) is 5.73. The molecule has 1 aromatic carbocycles. The number of hydrogen-bond donors (Lipinski definition) is 0. The number of benzene rings is 1. The molecule has 0 fully saturated rings. The summed E-state index contributed by atoms with van der Waals surface area (Å²) in [6.45, 7) is 8.55. The lowest BCUT2D eigenvalue weighted by atomic mass is 9.86. The molecule has 0 unspecified atom stereocenters. The fraction of sp³-hybridized carbons (Fsp3) is 0.400. The Morgan fingerprint density at radius 1 is 1.35 bits per heavy atom. The van der Waals surface area contributed by atoms with Crippen LogP contribution in [0.3, 0.4) is 0 Å². The van der Waals surface area contributed by atoms with Crippen LogP contribution in [0.25, 0.3) is 0 Å². The van der Waals surface area contributed by atoms with E-state index in [1.165, 1.54) is 5.56 Å². The Labute approximate surface area is 103 Å². The second-order valence-corrected chi connectivity index (χ2v) is 4.80. The van der Waals surface area contributed by atoms with Crippen molar-refractivity contribution in [1.82, 2.24) is 0 Å². The molecule has 90 valence electrons. The molecule has 2 nitrogen and oxygen atoms in total. The highest BCUT2D eigenvalue weighted by Crippen LogP contribution is 2.22. The number of esters is 1. The minimum absolute atomic E-state index is 0.0849. The second-order valence-electron chi connectivity index (χ2n) is 4.80. The van der Waals surface area contributed by atoms with Crippen LogP contribution in [0, 0.1) is 11.8 Å². The van der Waals surface area contributed by atoms with E-state index in [1.807, 2.05) is 18.2 Å². The zero-order chi connectivity index (χ0) is 12.9. The van der Waals surface area contributed by atoms with E-state index in [9.17, 15) is 4.79 Å². The van der Waals surface area contributed by atoms with Gasteiger partial charge in [0.1, 0.15) is 0 Å². The van der Waals surface area contributed by atoms with Gasteiger partial charge in [0.15, 0.2) is 0 Å². The van der Waals surface area contributed by atoms with Gasteiger partial charge in [-0.1, -0.05) is 38.8 Å². The topological polar surface area (TPSA) is 26.3 Å². The van der Waals surface area contributed by atoms with E-state index < -0.39 is 5.97 Å². The minimum Gasteiger partial charge on any atom is -0.456 e. The second kappa shape index (κ2) is 5.54. The van der Waals surface area contributed by atoms with Crippen molar-refractivity contribution in [3.05, 3.63) is 35.4 Å². The van der Waals surface area contributed by atoms with Crippen molar-refractivity contribution in [2.24, 2.45) is 0 Å². The van der Waals surface area contributed by atoms with Crippen LogP contribution in [0.2, 0.25) is 0 Å². The highest BCUT2D eigenvalue weighted by atomic mass is 16.5. The maximum Gasteiger partial charge on any atom is 0.384 e. The van der Waals surface area contributed by atoms with Crippen molar-refractivity contribution in [3.63, 3.8) is 0 Å². The zero-order valence-corrected chi connectivity index (χ0v) is 10.8. The van der Waals surface area contributed by atoms with Crippen LogP contribution in [0.4, 0.5) is 0 Å². The Hall–Kier alpha value is -1.75. The van der Waals surface area contributed by atoms with Crippen molar-refractivity contribution in [2.75, 3.05) is 6.61 Å². The molecule has 0 aliphatic carbocycles. The Morgan fingerprint density at radius 3 is 2.65 bits per heavy atom. The van der Waals surface area contributed by atoms with Gasteiger partial charge in [-0.05, 0) is 30.0 Å². The summed E-state index contributed by atoms with van der Waals surface area (Å²) in [5, 5.41) is 0. The van der Waals surface area contributed by atoms with Crippen molar-refractivity contribution in [3.8, 4) is 11.8 Å². The zero-order valence-electron chi connectivity index (χ0n) is 10.8. The number of ether oxygens (including phenoxy) is 1.